The molecule has 25 heavy (non-hydrogen) atoms. The molecular weight excluding hydrogens is 323 g/mol. The van der Waals surface area contributed by atoms with Gasteiger partial charge in [0.05, 0.1) is 24.9 Å². The van der Waals surface area contributed by atoms with E-state index in [2.05, 4.69) is 14.5 Å². The van der Waals surface area contributed by atoms with Crippen LogP contribution in [0.5, 0.6) is 0 Å². The standard InChI is InChI=1S/C18H21FN4O2/c19-16-7-20-4-3-15(16)18(24)23-9-14(12-25-11-13-1-2-13)8-22-6-5-21-17(22)10-23/h3-7,13-14H,1-2,8-12H2. The van der Waals surface area contributed by atoms with Crippen molar-refractivity contribution in [3.8, 4) is 0 Å². The summed E-state index contributed by atoms with van der Waals surface area (Å²) in [7, 11) is 0. The minimum atomic E-state index is -0.596. The lowest BCUT2D eigenvalue weighted by Crippen LogP contribution is -2.36. The number of halogens is 1. The van der Waals surface area contributed by atoms with Crippen molar-refractivity contribution in [1.29, 1.82) is 0 Å². The van der Waals surface area contributed by atoms with Gasteiger partial charge >= 0.3 is 0 Å². The molecule has 1 unspecified atom stereocenters. The van der Waals surface area contributed by atoms with Gasteiger partial charge in [0.2, 0.25) is 0 Å². The smallest absolute Gasteiger partial charge is 0.257 e. The summed E-state index contributed by atoms with van der Waals surface area (Å²) < 4.78 is 21.9. The van der Waals surface area contributed by atoms with Crippen LogP contribution >= 0.6 is 0 Å². The molecule has 0 aromatic carbocycles. The summed E-state index contributed by atoms with van der Waals surface area (Å²) in [4.78, 5) is 22.5. The Morgan fingerprint density at radius 1 is 1.24 bits per heavy atom. The molecule has 132 valence electrons. The van der Waals surface area contributed by atoms with E-state index in [4.69, 9.17) is 4.74 Å². The van der Waals surface area contributed by atoms with E-state index in [-0.39, 0.29) is 17.4 Å². The van der Waals surface area contributed by atoms with Crippen LogP contribution in [0.25, 0.3) is 0 Å². The van der Waals surface area contributed by atoms with E-state index in [1.165, 1.54) is 25.1 Å². The second-order valence-electron chi connectivity index (χ2n) is 6.88. The van der Waals surface area contributed by atoms with Gasteiger partial charge in [0.15, 0.2) is 5.82 Å². The van der Waals surface area contributed by atoms with Crippen molar-refractivity contribution >= 4 is 5.91 Å². The number of hydrogen-bond acceptors (Lipinski definition) is 4. The number of carbonyl (C=O) groups is 1. The Bertz CT molecular complexity index is 759. The fourth-order valence-corrected chi connectivity index (χ4v) is 3.21. The maximum atomic E-state index is 14.0. The highest BCUT2D eigenvalue weighted by Crippen LogP contribution is 2.29. The Balaban J connectivity index is 1.51. The number of rotatable bonds is 5. The zero-order valence-electron chi connectivity index (χ0n) is 14.0. The predicted molar refractivity (Wildman–Crippen MR) is 88.2 cm³/mol. The summed E-state index contributed by atoms with van der Waals surface area (Å²) in [5.41, 5.74) is 0.0488. The normalized spacial score (nSPS) is 20.2. The molecule has 1 amide bonds. The summed E-state index contributed by atoms with van der Waals surface area (Å²) in [6.07, 6.45) is 8.67. The third-order valence-corrected chi connectivity index (χ3v) is 4.76. The van der Waals surface area contributed by atoms with E-state index in [9.17, 15) is 9.18 Å². The molecule has 0 bridgehead atoms. The number of carbonyl (C=O) groups excluding carboxylic acids is 1. The number of nitrogens with zero attached hydrogens (tertiary/aromatic N) is 4. The van der Waals surface area contributed by atoms with Crippen molar-refractivity contribution in [2.45, 2.75) is 25.9 Å². The van der Waals surface area contributed by atoms with Crippen LogP contribution in [0.4, 0.5) is 4.39 Å². The van der Waals surface area contributed by atoms with Crippen LogP contribution in [0.15, 0.2) is 30.9 Å². The van der Waals surface area contributed by atoms with Gasteiger partial charge in [-0.05, 0) is 24.8 Å². The van der Waals surface area contributed by atoms with E-state index in [0.29, 0.717) is 25.6 Å². The molecule has 4 rings (SSSR count). The number of amides is 1. The van der Waals surface area contributed by atoms with Crippen molar-refractivity contribution in [2.24, 2.45) is 11.8 Å². The Morgan fingerprint density at radius 3 is 2.88 bits per heavy atom. The van der Waals surface area contributed by atoms with Crippen LogP contribution in [0.1, 0.15) is 29.0 Å². The summed E-state index contributed by atoms with van der Waals surface area (Å²) in [6.45, 7) is 3.03. The molecule has 3 heterocycles. The molecule has 7 heteroatoms. The molecule has 1 aliphatic heterocycles. The van der Waals surface area contributed by atoms with Crippen LogP contribution in [-0.4, -0.2) is 45.1 Å². The molecule has 0 N–H and O–H groups in total. The Labute approximate surface area is 145 Å². The van der Waals surface area contributed by atoms with Crippen molar-refractivity contribution in [2.75, 3.05) is 19.8 Å². The Kier molecular flexibility index (Phi) is 4.48. The van der Waals surface area contributed by atoms with Crippen molar-refractivity contribution in [1.82, 2.24) is 19.4 Å². The number of hydrogen-bond donors (Lipinski definition) is 0. The summed E-state index contributed by atoms with van der Waals surface area (Å²) in [5.74, 6) is 0.749. The Hall–Kier alpha value is -2.28. The number of aromatic nitrogens is 3. The molecule has 1 atom stereocenters. The third kappa shape index (κ3) is 3.71. The molecule has 1 saturated carbocycles. The highest BCUT2D eigenvalue weighted by molar-refractivity contribution is 5.94. The molecule has 1 fully saturated rings. The van der Waals surface area contributed by atoms with Crippen molar-refractivity contribution < 1.29 is 13.9 Å². The lowest BCUT2D eigenvalue weighted by Gasteiger charge is -2.24. The third-order valence-electron chi connectivity index (χ3n) is 4.76. The number of ether oxygens (including phenoxy) is 1. The van der Waals surface area contributed by atoms with Crippen LogP contribution in [-0.2, 0) is 17.8 Å². The lowest BCUT2D eigenvalue weighted by molar-refractivity contribution is 0.0568. The highest BCUT2D eigenvalue weighted by Gasteiger charge is 2.28. The highest BCUT2D eigenvalue weighted by atomic mass is 19.1. The van der Waals surface area contributed by atoms with Gasteiger partial charge in [-0.25, -0.2) is 9.37 Å². The van der Waals surface area contributed by atoms with E-state index in [1.807, 2.05) is 6.20 Å². The van der Waals surface area contributed by atoms with Gasteiger partial charge in [-0.2, -0.15) is 0 Å². The average Bonchev–Trinajstić information content (AvgIpc) is 3.37. The lowest BCUT2D eigenvalue weighted by atomic mass is 10.1. The first-order valence-electron chi connectivity index (χ1n) is 8.67. The van der Waals surface area contributed by atoms with Gasteiger partial charge in [-0.1, -0.05) is 0 Å². The number of imidazole rings is 1. The molecule has 0 radical (unpaired) electrons. The van der Waals surface area contributed by atoms with Gasteiger partial charge in [0.25, 0.3) is 5.91 Å². The number of pyridine rings is 1. The van der Waals surface area contributed by atoms with Crippen molar-refractivity contribution in [3.05, 3.63) is 48.1 Å². The fourth-order valence-electron chi connectivity index (χ4n) is 3.21. The second kappa shape index (κ2) is 6.92. The molecular formula is C18H21FN4O2. The molecule has 0 saturated heterocycles. The maximum absolute atomic E-state index is 14.0. The minimum absolute atomic E-state index is 0.0488. The van der Waals surface area contributed by atoms with Gasteiger partial charge < -0.3 is 14.2 Å². The van der Waals surface area contributed by atoms with E-state index < -0.39 is 5.82 Å². The fraction of sp³-hybridized carbons (Fsp3) is 0.500. The first kappa shape index (κ1) is 16.2. The van der Waals surface area contributed by atoms with Gasteiger partial charge in [0.1, 0.15) is 5.82 Å². The topological polar surface area (TPSA) is 60.2 Å². The van der Waals surface area contributed by atoms with Crippen LogP contribution in [0.2, 0.25) is 0 Å². The largest absolute Gasteiger partial charge is 0.381 e. The quantitative estimate of drug-likeness (QED) is 0.834. The monoisotopic (exact) mass is 344 g/mol. The van der Waals surface area contributed by atoms with Crippen LogP contribution in [0, 0.1) is 17.7 Å². The number of fused-ring (bicyclic) bond motifs is 1. The minimum Gasteiger partial charge on any atom is -0.381 e. The van der Waals surface area contributed by atoms with Gasteiger partial charge in [0, 0.05) is 44.2 Å². The molecule has 2 aromatic heterocycles. The first-order valence-corrected chi connectivity index (χ1v) is 8.67. The maximum Gasteiger partial charge on any atom is 0.257 e. The summed E-state index contributed by atoms with van der Waals surface area (Å²) in [5, 5.41) is 0. The zero-order valence-corrected chi connectivity index (χ0v) is 14.0. The van der Waals surface area contributed by atoms with Crippen LogP contribution in [0.3, 0.4) is 0 Å². The first-order chi connectivity index (χ1) is 12.2. The van der Waals surface area contributed by atoms with E-state index >= 15 is 0 Å². The molecule has 2 aliphatic rings. The molecule has 0 spiro atoms. The second-order valence-corrected chi connectivity index (χ2v) is 6.88. The Morgan fingerprint density at radius 2 is 2.08 bits per heavy atom. The summed E-state index contributed by atoms with van der Waals surface area (Å²) in [6, 6.07) is 1.42. The predicted octanol–water partition coefficient (Wildman–Crippen LogP) is 2.12. The zero-order chi connectivity index (χ0) is 17.2. The summed E-state index contributed by atoms with van der Waals surface area (Å²) >= 11 is 0. The molecule has 1 aliphatic carbocycles. The van der Waals surface area contributed by atoms with E-state index in [1.54, 1.807) is 11.1 Å². The van der Waals surface area contributed by atoms with E-state index in [0.717, 1.165) is 25.2 Å². The molecule has 2 aromatic rings. The van der Waals surface area contributed by atoms with Crippen molar-refractivity contribution in [3.63, 3.8) is 0 Å². The van der Waals surface area contributed by atoms with Gasteiger partial charge in [-0.15, -0.1) is 0 Å². The SMILES string of the molecule is O=C(c1ccncc1F)N1Cc2nccn2CC(COCC2CC2)C1. The molecule has 6 nitrogen and oxygen atoms in total. The van der Waals surface area contributed by atoms with Gasteiger partial charge in [-0.3, -0.25) is 9.78 Å². The van der Waals surface area contributed by atoms with Crippen LogP contribution < -0.4 is 0 Å². The average molecular weight is 344 g/mol.